The van der Waals surface area contributed by atoms with Crippen molar-refractivity contribution < 1.29 is 33.3 Å². The van der Waals surface area contributed by atoms with E-state index in [9.17, 15) is 14.4 Å². The van der Waals surface area contributed by atoms with Gasteiger partial charge in [-0.1, -0.05) is 0 Å². The van der Waals surface area contributed by atoms with E-state index in [4.69, 9.17) is 18.9 Å². The van der Waals surface area contributed by atoms with Crippen LogP contribution >= 0.6 is 0 Å². The van der Waals surface area contributed by atoms with Crippen molar-refractivity contribution in [3.05, 3.63) is 11.6 Å². The molecule has 0 unspecified atom stereocenters. The molecule has 0 bridgehead atoms. The number of carbonyl (C=O) groups is 3. The fourth-order valence-electron chi connectivity index (χ4n) is 2.61. The van der Waals surface area contributed by atoms with Crippen LogP contribution in [-0.4, -0.2) is 52.7 Å². The smallest absolute Gasteiger partial charge is 0.413 e. The zero-order valence-corrected chi connectivity index (χ0v) is 15.7. The summed E-state index contributed by atoms with van der Waals surface area (Å²) >= 11 is 0. The first kappa shape index (κ1) is 19.2. The Hall–Kier alpha value is -2.09. The fourth-order valence-corrected chi connectivity index (χ4v) is 2.61. The topological polar surface area (TPSA) is 91.4 Å². The largest absolute Gasteiger partial charge is 0.444 e. The summed E-state index contributed by atoms with van der Waals surface area (Å²) in [5.74, 6) is -2.91. The standard InChI is InChI=1S/C17H25NO7/c1-15(2,3)25-14(21)18-10(9-22-16(18,4)5)8-11-12(19)23-17(6,7)24-13(11)20/h8,10H,9H2,1-7H3/t10-/m0/s1. The molecule has 0 N–H and O–H groups in total. The summed E-state index contributed by atoms with van der Waals surface area (Å²) in [4.78, 5) is 38.1. The molecule has 1 atom stereocenters. The number of amides is 1. The molecule has 2 heterocycles. The highest BCUT2D eigenvalue weighted by Gasteiger charge is 2.47. The van der Waals surface area contributed by atoms with Crippen molar-refractivity contribution in [3.8, 4) is 0 Å². The second-order valence-corrected chi connectivity index (χ2v) is 7.93. The van der Waals surface area contributed by atoms with Gasteiger partial charge in [0.25, 0.3) is 5.79 Å². The van der Waals surface area contributed by atoms with Crippen molar-refractivity contribution in [3.63, 3.8) is 0 Å². The summed E-state index contributed by atoms with van der Waals surface area (Å²) in [7, 11) is 0. The van der Waals surface area contributed by atoms with Gasteiger partial charge in [0, 0.05) is 13.8 Å². The molecule has 0 aromatic rings. The molecule has 0 saturated carbocycles. The Balaban J connectivity index is 2.29. The van der Waals surface area contributed by atoms with Crippen molar-refractivity contribution in [2.45, 2.75) is 71.6 Å². The second-order valence-electron chi connectivity index (χ2n) is 7.93. The number of rotatable bonds is 1. The number of cyclic esters (lactones) is 2. The van der Waals surface area contributed by atoms with E-state index < -0.39 is 41.2 Å². The first-order chi connectivity index (χ1) is 11.2. The van der Waals surface area contributed by atoms with Gasteiger partial charge < -0.3 is 18.9 Å². The van der Waals surface area contributed by atoms with Crippen LogP contribution in [0.2, 0.25) is 0 Å². The number of esters is 2. The number of ether oxygens (including phenoxy) is 4. The maximum Gasteiger partial charge on any atom is 0.413 e. The van der Waals surface area contributed by atoms with Gasteiger partial charge in [-0.25, -0.2) is 14.4 Å². The van der Waals surface area contributed by atoms with Crippen molar-refractivity contribution in [2.24, 2.45) is 0 Å². The lowest BCUT2D eigenvalue weighted by atomic mass is 10.1. The molecule has 0 radical (unpaired) electrons. The lowest BCUT2D eigenvalue weighted by Gasteiger charge is -2.35. The Morgan fingerprint density at radius 3 is 2.16 bits per heavy atom. The van der Waals surface area contributed by atoms with E-state index in [2.05, 4.69) is 0 Å². The van der Waals surface area contributed by atoms with Crippen LogP contribution in [0, 0.1) is 0 Å². The quantitative estimate of drug-likeness (QED) is 0.404. The zero-order valence-electron chi connectivity index (χ0n) is 15.7. The van der Waals surface area contributed by atoms with Crippen LogP contribution in [0.15, 0.2) is 11.6 Å². The Morgan fingerprint density at radius 2 is 1.68 bits per heavy atom. The highest BCUT2D eigenvalue weighted by molar-refractivity contribution is 6.15. The highest BCUT2D eigenvalue weighted by Crippen LogP contribution is 2.32. The van der Waals surface area contributed by atoms with Crippen LogP contribution in [0.1, 0.15) is 48.5 Å². The van der Waals surface area contributed by atoms with Gasteiger partial charge in [0.1, 0.15) is 16.9 Å². The van der Waals surface area contributed by atoms with Crippen LogP contribution < -0.4 is 0 Å². The highest BCUT2D eigenvalue weighted by atomic mass is 16.7. The summed E-state index contributed by atoms with van der Waals surface area (Å²) in [6, 6.07) is -0.666. The molecule has 8 nitrogen and oxygen atoms in total. The van der Waals surface area contributed by atoms with Gasteiger partial charge in [-0.05, 0) is 40.7 Å². The van der Waals surface area contributed by atoms with E-state index in [0.29, 0.717) is 0 Å². The minimum Gasteiger partial charge on any atom is -0.444 e. The molecular formula is C17H25NO7. The van der Waals surface area contributed by atoms with Crippen molar-refractivity contribution >= 4 is 18.0 Å². The molecule has 25 heavy (non-hydrogen) atoms. The van der Waals surface area contributed by atoms with Gasteiger partial charge in [-0.2, -0.15) is 0 Å². The maximum absolute atomic E-state index is 12.6. The van der Waals surface area contributed by atoms with E-state index >= 15 is 0 Å². The van der Waals surface area contributed by atoms with Crippen LogP contribution in [-0.2, 0) is 28.5 Å². The minimum atomic E-state index is -1.32. The molecule has 2 rings (SSSR count). The second kappa shape index (κ2) is 6.01. The van der Waals surface area contributed by atoms with E-state index in [-0.39, 0.29) is 12.2 Å². The molecule has 2 aliphatic heterocycles. The van der Waals surface area contributed by atoms with Crippen molar-refractivity contribution in [2.75, 3.05) is 6.61 Å². The molecule has 2 fully saturated rings. The maximum atomic E-state index is 12.6. The predicted octanol–water partition coefficient (Wildman–Crippen LogP) is 2.12. The third-order valence-electron chi connectivity index (χ3n) is 3.59. The molecule has 0 aromatic heterocycles. The van der Waals surface area contributed by atoms with Crippen LogP contribution in [0.4, 0.5) is 4.79 Å². The first-order valence-corrected chi connectivity index (χ1v) is 8.07. The van der Waals surface area contributed by atoms with Gasteiger partial charge >= 0.3 is 18.0 Å². The number of hydrogen-bond acceptors (Lipinski definition) is 7. The van der Waals surface area contributed by atoms with Crippen LogP contribution in [0.3, 0.4) is 0 Å². The molecule has 8 heteroatoms. The summed E-state index contributed by atoms with van der Waals surface area (Å²) in [6.45, 7) is 11.7. The summed E-state index contributed by atoms with van der Waals surface area (Å²) in [5.41, 5.74) is -1.91. The lowest BCUT2D eigenvalue weighted by Crippen LogP contribution is -2.50. The summed E-state index contributed by atoms with van der Waals surface area (Å²) in [6.07, 6.45) is 0.730. The Bertz CT molecular complexity index is 605. The van der Waals surface area contributed by atoms with E-state index in [1.54, 1.807) is 34.6 Å². The van der Waals surface area contributed by atoms with Gasteiger partial charge in [0.2, 0.25) is 0 Å². The predicted molar refractivity (Wildman–Crippen MR) is 86.2 cm³/mol. The molecule has 0 aromatic carbocycles. The van der Waals surface area contributed by atoms with Gasteiger partial charge in [-0.15, -0.1) is 0 Å². The van der Waals surface area contributed by atoms with Gasteiger partial charge in [0.05, 0.1) is 12.6 Å². The molecular weight excluding hydrogens is 330 g/mol. The monoisotopic (exact) mass is 355 g/mol. The van der Waals surface area contributed by atoms with Gasteiger partial charge in [-0.3, -0.25) is 4.90 Å². The normalized spacial score (nSPS) is 25.3. The molecule has 0 spiro atoms. The number of carbonyl (C=O) groups excluding carboxylic acids is 3. The third-order valence-corrected chi connectivity index (χ3v) is 3.59. The van der Waals surface area contributed by atoms with Crippen LogP contribution in [0.25, 0.3) is 0 Å². The van der Waals surface area contributed by atoms with E-state index in [0.717, 1.165) is 0 Å². The van der Waals surface area contributed by atoms with Crippen molar-refractivity contribution in [1.29, 1.82) is 0 Å². The molecule has 1 amide bonds. The summed E-state index contributed by atoms with van der Waals surface area (Å²) in [5, 5.41) is 0. The Labute approximate surface area is 147 Å². The number of nitrogens with zero attached hydrogens (tertiary/aromatic N) is 1. The zero-order chi connectivity index (χ0) is 19.2. The van der Waals surface area contributed by atoms with Crippen molar-refractivity contribution in [1.82, 2.24) is 4.90 Å². The molecule has 0 aliphatic carbocycles. The van der Waals surface area contributed by atoms with Crippen LogP contribution in [0.5, 0.6) is 0 Å². The fraction of sp³-hybridized carbons (Fsp3) is 0.706. The molecule has 2 aliphatic rings. The van der Waals surface area contributed by atoms with E-state index in [1.807, 2.05) is 0 Å². The summed E-state index contributed by atoms with van der Waals surface area (Å²) < 4.78 is 21.2. The lowest BCUT2D eigenvalue weighted by molar-refractivity contribution is -0.222. The Kier molecular flexibility index (Phi) is 4.63. The average Bonchev–Trinajstić information content (AvgIpc) is 2.65. The first-order valence-electron chi connectivity index (χ1n) is 8.07. The molecule has 140 valence electrons. The third kappa shape index (κ3) is 4.31. The minimum absolute atomic E-state index is 0.111. The van der Waals surface area contributed by atoms with Gasteiger partial charge in [0.15, 0.2) is 0 Å². The Morgan fingerprint density at radius 1 is 1.16 bits per heavy atom. The number of hydrogen-bond donors (Lipinski definition) is 0. The molecule has 2 saturated heterocycles. The average molecular weight is 355 g/mol. The SMILES string of the molecule is CC(C)(C)OC(=O)N1[C@@H](C=C2C(=O)OC(C)(C)OC2=O)COC1(C)C. The van der Waals surface area contributed by atoms with E-state index in [1.165, 1.54) is 24.8 Å².